The van der Waals surface area contributed by atoms with Crippen LogP contribution in [0.1, 0.15) is 33.1 Å². The van der Waals surface area contributed by atoms with Gasteiger partial charge in [-0.1, -0.05) is 13.3 Å². The molecule has 0 fully saturated rings. The Morgan fingerprint density at radius 1 is 1.53 bits per heavy atom. The molecule has 0 aliphatic carbocycles. The van der Waals surface area contributed by atoms with E-state index in [0.29, 0.717) is 12.8 Å². The number of nitriles is 1. The van der Waals surface area contributed by atoms with Gasteiger partial charge in [0.05, 0.1) is 12.5 Å². The van der Waals surface area contributed by atoms with Gasteiger partial charge in [-0.2, -0.15) is 5.26 Å². The van der Waals surface area contributed by atoms with Gasteiger partial charge >= 0.3 is 12.0 Å². The van der Waals surface area contributed by atoms with Crippen molar-refractivity contribution in [2.75, 3.05) is 7.05 Å². The number of nitrogens with zero attached hydrogens (tertiary/aromatic N) is 2. The van der Waals surface area contributed by atoms with Crippen molar-refractivity contribution >= 4 is 12.0 Å². The summed E-state index contributed by atoms with van der Waals surface area (Å²) in [4.78, 5) is 23.9. The van der Waals surface area contributed by atoms with Gasteiger partial charge in [-0.25, -0.2) is 9.59 Å². The molecular formula is C11H19N3O3. The smallest absolute Gasteiger partial charge is 0.326 e. The van der Waals surface area contributed by atoms with Crippen LogP contribution in [0.4, 0.5) is 4.79 Å². The first-order chi connectivity index (χ1) is 7.93. The normalized spacial score (nSPS) is 13.3. The molecule has 2 amide bonds. The first-order valence-corrected chi connectivity index (χ1v) is 5.57. The number of aliphatic carboxylic acids is 1. The Morgan fingerprint density at radius 2 is 2.12 bits per heavy atom. The van der Waals surface area contributed by atoms with Crippen LogP contribution in [-0.2, 0) is 4.79 Å². The van der Waals surface area contributed by atoms with Gasteiger partial charge in [0, 0.05) is 13.1 Å². The van der Waals surface area contributed by atoms with Crippen molar-refractivity contribution in [1.82, 2.24) is 10.2 Å². The number of amides is 2. The van der Waals surface area contributed by atoms with Crippen molar-refractivity contribution in [1.29, 1.82) is 5.26 Å². The number of nitrogens with one attached hydrogen (secondary N) is 1. The highest BCUT2D eigenvalue weighted by Crippen LogP contribution is 2.03. The van der Waals surface area contributed by atoms with E-state index in [2.05, 4.69) is 5.32 Å². The molecule has 0 aliphatic heterocycles. The van der Waals surface area contributed by atoms with E-state index in [4.69, 9.17) is 10.4 Å². The average Bonchev–Trinajstić information content (AvgIpc) is 2.27. The lowest BCUT2D eigenvalue weighted by molar-refractivity contribution is -0.139. The Hall–Kier alpha value is -1.77. The molecule has 17 heavy (non-hydrogen) atoms. The van der Waals surface area contributed by atoms with Crippen molar-refractivity contribution in [3.8, 4) is 6.07 Å². The van der Waals surface area contributed by atoms with Crippen LogP contribution in [0.3, 0.4) is 0 Å². The highest BCUT2D eigenvalue weighted by atomic mass is 16.4. The summed E-state index contributed by atoms with van der Waals surface area (Å²) in [7, 11) is 1.54. The minimum Gasteiger partial charge on any atom is -0.480 e. The Morgan fingerprint density at radius 3 is 2.53 bits per heavy atom. The molecule has 96 valence electrons. The van der Waals surface area contributed by atoms with Crippen molar-refractivity contribution < 1.29 is 14.7 Å². The monoisotopic (exact) mass is 241 g/mol. The van der Waals surface area contributed by atoms with Crippen LogP contribution in [0.25, 0.3) is 0 Å². The average molecular weight is 241 g/mol. The molecule has 2 atom stereocenters. The van der Waals surface area contributed by atoms with Crippen LogP contribution in [0.2, 0.25) is 0 Å². The fourth-order valence-corrected chi connectivity index (χ4v) is 1.27. The molecule has 0 radical (unpaired) electrons. The molecule has 0 rings (SSSR count). The molecule has 0 aromatic carbocycles. The lowest BCUT2D eigenvalue weighted by Gasteiger charge is -2.25. The molecule has 6 heteroatoms. The summed E-state index contributed by atoms with van der Waals surface area (Å²) in [6, 6.07) is 0.391. The van der Waals surface area contributed by atoms with Crippen LogP contribution in [-0.4, -0.2) is 41.1 Å². The second-order valence-electron chi connectivity index (χ2n) is 3.95. The molecule has 0 aliphatic rings. The minimum atomic E-state index is -1.04. The summed E-state index contributed by atoms with van der Waals surface area (Å²) in [6.07, 6.45) is 1.28. The summed E-state index contributed by atoms with van der Waals surface area (Å²) in [6.45, 7) is 3.59. The molecule has 2 N–H and O–H groups in total. The van der Waals surface area contributed by atoms with E-state index in [9.17, 15) is 9.59 Å². The molecule has 0 bridgehead atoms. The zero-order valence-electron chi connectivity index (χ0n) is 10.4. The van der Waals surface area contributed by atoms with Crippen LogP contribution in [0.15, 0.2) is 0 Å². The van der Waals surface area contributed by atoms with Gasteiger partial charge in [0.2, 0.25) is 0 Å². The molecular weight excluding hydrogens is 222 g/mol. The van der Waals surface area contributed by atoms with E-state index in [0.717, 1.165) is 0 Å². The van der Waals surface area contributed by atoms with E-state index >= 15 is 0 Å². The number of carbonyl (C=O) groups excluding carboxylic acids is 1. The maximum absolute atomic E-state index is 11.7. The zero-order chi connectivity index (χ0) is 13.4. The highest BCUT2D eigenvalue weighted by Gasteiger charge is 2.22. The Bertz CT molecular complexity index is 312. The number of rotatable bonds is 6. The Labute approximate surface area is 101 Å². The summed E-state index contributed by atoms with van der Waals surface area (Å²) >= 11 is 0. The lowest BCUT2D eigenvalue weighted by atomic mass is 10.1. The molecule has 0 spiro atoms. The highest BCUT2D eigenvalue weighted by molar-refractivity contribution is 5.82. The van der Waals surface area contributed by atoms with Crippen LogP contribution < -0.4 is 5.32 Å². The topological polar surface area (TPSA) is 93.4 Å². The molecule has 0 saturated carbocycles. The molecule has 0 heterocycles. The van der Waals surface area contributed by atoms with E-state index in [-0.39, 0.29) is 12.5 Å². The Kier molecular flexibility index (Phi) is 6.71. The van der Waals surface area contributed by atoms with Crippen LogP contribution in [0.5, 0.6) is 0 Å². The predicted molar refractivity (Wildman–Crippen MR) is 62.3 cm³/mol. The maximum atomic E-state index is 11.7. The van der Waals surface area contributed by atoms with Crippen LogP contribution in [0, 0.1) is 11.3 Å². The first-order valence-electron chi connectivity index (χ1n) is 5.57. The van der Waals surface area contributed by atoms with E-state index in [1.54, 1.807) is 14.0 Å². The van der Waals surface area contributed by atoms with Crippen molar-refractivity contribution in [2.45, 2.75) is 45.2 Å². The molecule has 0 saturated heterocycles. The molecule has 0 aromatic heterocycles. The SMILES string of the molecule is CCC[C@H](NC(=O)N(C)C(C)CC#N)C(=O)O. The zero-order valence-corrected chi connectivity index (χ0v) is 10.4. The lowest BCUT2D eigenvalue weighted by Crippen LogP contribution is -2.49. The van der Waals surface area contributed by atoms with E-state index < -0.39 is 18.0 Å². The minimum absolute atomic E-state index is 0.218. The predicted octanol–water partition coefficient (Wildman–Crippen LogP) is 1.18. The fourth-order valence-electron chi connectivity index (χ4n) is 1.27. The summed E-state index contributed by atoms with van der Waals surface area (Å²) in [5, 5.41) is 19.8. The third-order valence-corrected chi connectivity index (χ3v) is 2.54. The number of hydrogen-bond acceptors (Lipinski definition) is 3. The standard InChI is InChI=1S/C11H19N3O3/c1-4-5-9(10(15)16)13-11(17)14(3)8(2)6-7-12/h8-9H,4-6H2,1-3H3,(H,13,17)(H,15,16)/t8?,9-/m0/s1. The number of carboxylic acid groups (broad SMARTS) is 1. The summed E-state index contributed by atoms with van der Waals surface area (Å²) in [5.74, 6) is -1.04. The molecule has 1 unspecified atom stereocenters. The van der Waals surface area contributed by atoms with E-state index in [1.165, 1.54) is 4.90 Å². The second-order valence-corrected chi connectivity index (χ2v) is 3.95. The van der Waals surface area contributed by atoms with Gasteiger partial charge in [0.15, 0.2) is 0 Å². The van der Waals surface area contributed by atoms with Crippen LogP contribution >= 0.6 is 0 Å². The number of carboxylic acids is 1. The van der Waals surface area contributed by atoms with Gasteiger partial charge in [-0.15, -0.1) is 0 Å². The fraction of sp³-hybridized carbons (Fsp3) is 0.727. The third-order valence-electron chi connectivity index (χ3n) is 2.54. The Balaban J connectivity index is 4.40. The summed E-state index contributed by atoms with van der Waals surface area (Å²) in [5.41, 5.74) is 0. The van der Waals surface area contributed by atoms with Crippen molar-refractivity contribution in [3.05, 3.63) is 0 Å². The quantitative estimate of drug-likeness (QED) is 0.730. The number of urea groups is 1. The van der Waals surface area contributed by atoms with E-state index in [1.807, 2.05) is 13.0 Å². The molecule has 6 nitrogen and oxygen atoms in total. The molecule has 0 aromatic rings. The second kappa shape index (κ2) is 7.49. The van der Waals surface area contributed by atoms with Gasteiger partial charge < -0.3 is 15.3 Å². The largest absolute Gasteiger partial charge is 0.480 e. The first kappa shape index (κ1) is 15.2. The van der Waals surface area contributed by atoms with Gasteiger partial charge in [0.1, 0.15) is 6.04 Å². The maximum Gasteiger partial charge on any atom is 0.326 e. The number of carbonyl (C=O) groups is 2. The van der Waals surface area contributed by atoms with Gasteiger partial charge in [0.25, 0.3) is 0 Å². The van der Waals surface area contributed by atoms with Crippen molar-refractivity contribution in [3.63, 3.8) is 0 Å². The number of hydrogen-bond donors (Lipinski definition) is 2. The summed E-state index contributed by atoms with van der Waals surface area (Å²) < 4.78 is 0. The van der Waals surface area contributed by atoms with Gasteiger partial charge in [-0.3, -0.25) is 0 Å². The van der Waals surface area contributed by atoms with Gasteiger partial charge in [-0.05, 0) is 13.3 Å². The van der Waals surface area contributed by atoms with Crippen molar-refractivity contribution in [2.24, 2.45) is 0 Å². The third kappa shape index (κ3) is 5.20.